The van der Waals surface area contributed by atoms with Crippen LogP contribution in [0.4, 0.5) is 5.69 Å². The Morgan fingerprint density at radius 2 is 1.97 bits per heavy atom. The Balaban J connectivity index is 1.78. The van der Waals surface area contributed by atoms with E-state index in [0.717, 1.165) is 0 Å². The van der Waals surface area contributed by atoms with Crippen molar-refractivity contribution in [3.63, 3.8) is 0 Å². The lowest BCUT2D eigenvalue weighted by Gasteiger charge is -2.25. The molecule has 0 unspecified atom stereocenters. The average Bonchev–Trinajstić information content (AvgIpc) is 3.46. The van der Waals surface area contributed by atoms with Gasteiger partial charge in [0.2, 0.25) is 0 Å². The minimum atomic E-state index is -0.978. The van der Waals surface area contributed by atoms with E-state index in [1.54, 1.807) is 49.1 Å². The number of Topliss-reactive ketones (excluding diaryl/α,β-unsaturated/α-hetero) is 1. The molecule has 0 bridgehead atoms. The SMILES string of the molecule is COc1cccc(/C(O)=C2\C(=O)C(=O)N(CCCn3ccnc3)[C@H]2c2cccc([N+](=O)[O-])c2)c1. The van der Waals surface area contributed by atoms with Gasteiger partial charge in [-0.05, 0) is 24.1 Å². The van der Waals surface area contributed by atoms with E-state index in [0.29, 0.717) is 29.8 Å². The molecular weight excluding hydrogens is 440 g/mol. The van der Waals surface area contributed by atoms with E-state index in [9.17, 15) is 24.8 Å². The number of non-ortho nitro benzene ring substituents is 1. The smallest absolute Gasteiger partial charge is 0.295 e. The molecule has 3 aromatic rings. The Bertz CT molecular complexity index is 1270. The van der Waals surface area contributed by atoms with Crippen molar-refractivity contribution in [1.29, 1.82) is 0 Å². The summed E-state index contributed by atoms with van der Waals surface area (Å²) in [6.07, 6.45) is 5.58. The lowest BCUT2D eigenvalue weighted by atomic mass is 9.95. The number of ether oxygens (including phenoxy) is 1. The van der Waals surface area contributed by atoms with Crippen molar-refractivity contribution < 1.29 is 24.4 Å². The number of likely N-dealkylation sites (tertiary alicyclic amines) is 1. The van der Waals surface area contributed by atoms with Gasteiger partial charge in [0.05, 0.1) is 30.0 Å². The van der Waals surface area contributed by atoms with Crippen LogP contribution in [0.1, 0.15) is 23.6 Å². The monoisotopic (exact) mass is 462 g/mol. The Morgan fingerprint density at radius 1 is 1.18 bits per heavy atom. The third kappa shape index (κ3) is 4.38. The standard InChI is InChI=1S/C24H22N4O6/c1-34-19-8-3-6-17(14-19)22(29)20-21(16-5-2-7-18(13-16)28(32)33)27(24(31)23(20)30)11-4-10-26-12-9-25-15-26/h2-3,5-9,12-15,21,29H,4,10-11H2,1H3/b22-20+/t21-/m0/s1. The van der Waals surface area contributed by atoms with Crippen LogP contribution in [0.2, 0.25) is 0 Å². The molecule has 10 nitrogen and oxygen atoms in total. The first-order valence-electron chi connectivity index (χ1n) is 10.5. The van der Waals surface area contributed by atoms with Crippen LogP contribution in [-0.4, -0.2) is 49.8 Å². The predicted octanol–water partition coefficient (Wildman–Crippen LogP) is 3.31. The van der Waals surface area contributed by atoms with Gasteiger partial charge in [-0.3, -0.25) is 19.7 Å². The van der Waals surface area contributed by atoms with E-state index >= 15 is 0 Å². The maximum Gasteiger partial charge on any atom is 0.295 e. The maximum absolute atomic E-state index is 13.1. The molecule has 1 saturated heterocycles. The lowest BCUT2D eigenvalue weighted by Crippen LogP contribution is -2.31. The summed E-state index contributed by atoms with van der Waals surface area (Å²) in [4.78, 5) is 42.3. The molecule has 4 rings (SSSR count). The minimum absolute atomic E-state index is 0.124. The quantitative estimate of drug-likeness (QED) is 0.179. The number of nitro benzene ring substituents is 1. The highest BCUT2D eigenvalue weighted by molar-refractivity contribution is 6.46. The molecule has 0 spiro atoms. The minimum Gasteiger partial charge on any atom is -0.507 e. The number of nitro groups is 1. The van der Waals surface area contributed by atoms with E-state index < -0.39 is 22.7 Å². The van der Waals surface area contributed by atoms with Gasteiger partial charge in [-0.25, -0.2) is 4.98 Å². The van der Waals surface area contributed by atoms with Crippen LogP contribution in [-0.2, 0) is 16.1 Å². The van der Waals surface area contributed by atoms with Gasteiger partial charge in [-0.2, -0.15) is 0 Å². The van der Waals surface area contributed by atoms with Gasteiger partial charge in [0.15, 0.2) is 0 Å². The summed E-state index contributed by atoms with van der Waals surface area (Å²) in [6.45, 7) is 0.756. The van der Waals surface area contributed by atoms with Gasteiger partial charge >= 0.3 is 0 Å². The van der Waals surface area contributed by atoms with Crippen LogP contribution in [0.5, 0.6) is 5.75 Å². The van der Waals surface area contributed by atoms with Gasteiger partial charge in [-0.15, -0.1) is 0 Å². The zero-order chi connectivity index (χ0) is 24.2. The lowest BCUT2D eigenvalue weighted by molar-refractivity contribution is -0.384. The summed E-state index contributed by atoms with van der Waals surface area (Å²) in [5.41, 5.74) is 0.357. The zero-order valence-electron chi connectivity index (χ0n) is 18.3. The van der Waals surface area contributed by atoms with Crippen LogP contribution >= 0.6 is 0 Å². The maximum atomic E-state index is 13.1. The zero-order valence-corrected chi connectivity index (χ0v) is 18.3. The normalized spacial score (nSPS) is 17.2. The van der Waals surface area contributed by atoms with Crippen LogP contribution in [0.15, 0.2) is 72.8 Å². The largest absolute Gasteiger partial charge is 0.507 e. The molecule has 0 saturated carbocycles. The second-order valence-corrected chi connectivity index (χ2v) is 7.73. The van der Waals surface area contributed by atoms with Crippen molar-refractivity contribution in [2.75, 3.05) is 13.7 Å². The molecule has 1 fully saturated rings. The number of ketones is 1. The highest BCUT2D eigenvalue weighted by Crippen LogP contribution is 2.40. The van der Waals surface area contributed by atoms with Crippen molar-refractivity contribution in [1.82, 2.24) is 14.5 Å². The second-order valence-electron chi connectivity index (χ2n) is 7.73. The van der Waals surface area contributed by atoms with Crippen molar-refractivity contribution >= 4 is 23.1 Å². The topological polar surface area (TPSA) is 128 Å². The number of methoxy groups -OCH3 is 1. The molecule has 1 aromatic heterocycles. The second kappa shape index (κ2) is 9.57. The van der Waals surface area contributed by atoms with Gasteiger partial charge in [0.25, 0.3) is 17.4 Å². The molecule has 1 aliphatic rings. The summed E-state index contributed by atoms with van der Waals surface area (Å²) in [7, 11) is 1.47. The third-order valence-corrected chi connectivity index (χ3v) is 5.65. The van der Waals surface area contributed by atoms with E-state index in [4.69, 9.17) is 4.74 Å². The first-order chi connectivity index (χ1) is 16.4. The first kappa shape index (κ1) is 22.7. The number of hydrogen-bond donors (Lipinski definition) is 1. The molecule has 1 amide bonds. The Kier molecular flexibility index (Phi) is 6.39. The van der Waals surface area contributed by atoms with Gasteiger partial charge in [0.1, 0.15) is 11.5 Å². The number of carbonyl (C=O) groups excluding carboxylic acids is 2. The highest BCUT2D eigenvalue weighted by Gasteiger charge is 2.46. The number of aliphatic hydroxyl groups is 1. The fourth-order valence-electron chi connectivity index (χ4n) is 4.03. The molecule has 2 heterocycles. The van der Waals surface area contributed by atoms with Gasteiger partial charge in [-0.1, -0.05) is 24.3 Å². The summed E-state index contributed by atoms with van der Waals surface area (Å²) in [5, 5.41) is 22.5. The number of imidazole rings is 1. The van der Waals surface area contributed by atoms with Crippen molar-refractivity contribution in [3.05, 3.63) is 94.1 Å². The van der Waals surface area contributed by atoms with E-state index in [2.05, 4.69) is 4.98 Å². The molecular formula is C24H22N4O6. The summed E-state index contributed by atoms with van der Waals surface area (Å²) >= 11 is 0. The van der Waals surface area contributed by atoms with Crippen LogP contribution in [0.3, 0.4) is 0 Å². The molecule has 1 atom stereocenters. The molecule has 1 N–H and O–H groups in total. The van der Waals surface area contributed by atoms with Crippen LogP contribution in [0.25, 0.3) is 5.76 Å². The molecule has 34 heavy (non-hydrogen) atoms. The van der Waals surface area contributed by atoms with Gasteiger partial charge in [0, 0.05) is 43.2 Å². The van der Waals surface area contributed by atoms with Crippen LogP contribution in [0, 0.1) is 10.1 Å². The number of hydrogen-bond acceptors (Lipinski definition) is 7. The highest BCUT2D eigenvalue weighted by atomic mass is 16.6. The predicted molar refractivity (Wildman–Crippen MR) is 122 cm³/mol. The number of benzene rings is 2. The molecule has 1 aliphatic heterocycles. The number of aromatic nitrogens is 2. The number of aliphatic hydroxyl groups excluding tert-OH is 1. The number of carbonyl (C=O) groups is 2. The number of rotatable bonds is 8. The summed E-state index contributed by atoms with van der Waals surface area (Å²) in [5.74, 6) is -1.53. The van der Waals surface area contributed by atoms with E-state index in [1.165, 1.54) is 30.2 Å². The molecule has 0 aliphatic carbocycles. The Labute approximate surface area is 194 Å². The Hall–Kier alpha value is -4.47. The fraction of sp³-hybridized carbons (Fsp3) is 0.208. The molecule has 10 heteroatoms. The summed E-state index contributed by atoms with van der Waals surface area (Å²) < 4.78 is 7.04. The average molecular weight is 462 g/mol. The third-order valence-electron chi connectivity index (χ3n) is 5.65. The van der Waals surface area contributed by atoms with Crippen LogP contribution < -0.4 is 4.74 Å². The number of nitrogens with zero attached hydrogens (tertiary/aromatic N) is 4. The summed E-state index contributed by atoms with van der Waals surface area (Å²) in [6, 6.07) is 11.2. The van der Waals surface area contributed by atoms with E-state index in [1.807, 2.05) is 4.57 Å². The van der Waals surface area contributed by atoms with Crippen molar-refractivity contribution in [2.45, 2.75) is 19.0 Å². The number of aryl methyl sites for hydroxylation is 1. The van der Waals surface area contributed by atoms with Gasteiger partial charge < -0.3 is 19.3 Å². The fourth-order valence-corrected chi connectivity index (χ4v) is 4.03. The molecule has 174 valence electrons. The Morgan fingerprint density at radius 3 is 2.68 bits per heavy atom. The molecule has 0 radical (unpaired) electrons. The number of amides is 1. The van der Waals surface area contributed by atoms with E-state index in [-0.39, 0.29) is 23.6 Å². The van der Waals surface area contributed by atoms with Crippen molar-refractivity contribution in [2.24, 2.45) is 0 Å². The van der Waals surface area contributed by atoms with Crippen molar-refractivity contribution in [3.8, 4) is 5.75 Å². The molecule has 2 aromatic carbocycles. The first-order valence-corrected chi connectivity index (χ1v) is 10.5.